The Hall–Kier alpha value is -0.990. The lowest BCUT2D eigenvalue weighted by molar-refractivity contribution is 1.41. The van der Waals surface area contributed by atoms with Crippen molar-refractivity contribution in [2.75, 3.05) is 5.75 Å². The Kier molecular flexibility index (Phi) is 3.29. The summed E-state index contributed by atoms with van der Waals surface area (Å²) in [5.41, 5.74) is 2.04. The largest absolute Gasteiger partial charge is 0.256 e. The Morgan fingerprint density at radius 1 is 1.33 bits per heavy atom. The van der Waals surface area contributed by atoms with Crippen LogP contribution in [0.3, 0.4) is 0 Å². The topological polar surface area (TPSA) is 12.9 Å². The van der Waals surface area contributed by atoms with Crippen LogP contribution in [-0.4, -0.2) is 10.7 Å². The zero-order valence-electron chi connectivity index (χ0n) is 8.02. The van der Waals surface area contributed by atoms with E-state index in [1.54, 1.807) is 12.3 Å². The first-order valence-electron chi connectivity index (χ1n) is 4.63. The third kappa shape index (κ3) is 2.33. The molecule has 0 atom stereocenters. The van der Waals surface area contributed by atoms with Gasteiger partial charge in [-0.05, 0) is 23.8 Å². The smallest absolute Gasteiger partial charge is 0.0717 e. The highest BCUT2D eigenvalue weighted by Gasteiger charge is 1.99. The lowest BCUT2D eigenvalue weighted by atomic mass is 10.1. The molecule has 0 aliphatic carbocycles. The maximum Gasteiger partial charge on any atom is 0.0717 e. The van der Waals surface area contributed by atoms with Crippen molar-refractivity contribution in [2.45, 2.75) is 0 Å². The van der Waals surface area contributed by atoms with E-state index in [-0.39, 0.29) is 0 Å². The molecule has 1 aromatic carbocycles. The molecule has 76 valence electrons. The second-order valence-corrected chi connectivity index (χ2v) is 3.93. The molecule has 0 unspecified atom stereocenters. The Bertz CT molecular complexity index is 508. The molecule has 0 aliphatic heterocycles. The van der Waals surface area contributed by atoms with Crippen molar-refractivity contribution in [3.63, 3.8) is 0 Å². The minimum absolute atomic E-state index is 0.735. The number of hydrogen-bond donors (Lipinski definition) is 1. The normalized spacial score (nSPS) is 11.3. The molecule has 0 N–H and O–H groups in total. The predicted molar refractivity (Wildman–Crippen MR) is 69.6 cm³/mol. The Labute approximate surface area is 99.2 Å². The number of pyridine rings is 1. The first kappa shape index (κ1) is 10.5. The molecule has 0 saturated carbocycles. The lowest BCUT2D eigenvalue weighted by Gasteiger charge is -2.00. The number of rotatable bonds is 2. The fourth-order valence-electron chi connectivity index (χ4n) is 1.42. The average molecular weight is 236 g/mol. The molecule has 1 nitrogen and oxygen atoms in total. The third-order valence-electron chi connectivity index (χ3n) is 2.13. The van der Waals surface area contributed by atoms with Gasteiger partial charge in [0.15, 0.2) is 0 Å². The average Bonchev–Trinajstić information content (AvgIpc) is 2.27. The van der Waals surface area contributed by atoms with Crippen LogP contribution in [0.5, 0.6) is 0 Å². The zero-order valence-corrected chi connectivity index (χ0v) is 9.67. The summed E-state index contributed by atoms with van der Waals surface area (Å²) in [4.78, 5) is 4.24. The number of fused-ring (bicyclic) bond motifs is 1. The monoisotopic (exact) mass is 235 g/mol. The third-order valence-corrected chi connectivity index (χ3v) is 2.67. The first-order chi connectivity index (χ1) is 7.31. The molecule has 0 bridgehead atoms. The Morgan fingerprint density at radius 2 is 2.20 bits per heavy atom. The molecule has 1 aromatic heterocycles. The SMILES string of the molecule is SCC=Cc1ccc2nccc(Cl)c2c1. The van der Waals surface area contributed by atoms with Crippen molar-refractivity contribution in [3.05, 3.63) is 47.1 Å². The molecular weight excluding hydrogens is 226 g/mol. The molecule has 0 radical (unpaired) electrons. The molecule has 15 heavy (non-hydrogen) atoms. The summed E-state index contributed by atoms with van der Waals surface area (Å²) in [5, 5.41) is 1.72. The molecule has 1 heterocycles. The number of benzene rings is 1. The van der Waals surface area contributed by atoms with Crippen LogP contribution in [0.4, 0.5) is 0 Å². The quantitative estimate of drug-likeness (QED) is 0.781. The van der Waals surface area contributed by atoms with Crippen molar-refractivity contribution in [1.29, 1.82) is 0 Å². The van der Waals surface area contributed by atoms with Gasteiger partial charge in [-0.2, -0.15) is 12.6 Å². The molecule has 2 rings (SSSR count). The van der Waals surface area contributed by atoms with Gasteiger partial charge >= 0.3 is 0 Å². The molecule has 3 heteroatoms. The van der Waals surface area contributed by atoms with Gasteiger partial charge < -0.3 is 0 Å². The molecule has 0 fully saturated rings. The van der Waals surface area contributed by atoms with E-state index in [9.17, 15) is 0 Å². The van der Waals surface area contributed by atoms with E-state index < -0.39 is 0 Å². The van der Waals surface area contributed by atoms with Gasteiger partial charge in [0.2, 0.25) is 0 Å². The van der Waals surface area contributed by atoms with Gasteiger partial charge in [0.05, 0.1) is 10.5 Å². The van der Waals surface area contributed by atoms with Crippen LogP contribution in [0, 0.1) is 0 Å². The van der Waals surface area contributed by atoms with Crippen molar-refractivity contribution < 1.29 is 0 Å². The number of hydrogen-bond acceptors (Lipinski definition) is 2. The number of nitrogens with zero attached hydrogens (tertiary/aromatic N) is 1. The highest BCUT2D eigenvalue weighted by atomic mass is 35.5. The summed E-state index contributed by atoms with van der Waals surface area (Å²) in [6.07, 6.45) is 5.73. The van der Waals surface area contributed by atoms with E-state index in [1.165, 1.54) is 0 Å². The van der Waals surface area contributed by atoms with Crippen LogP contribution in [0.1, 0.15) is 5.56 Å². The Balaban J connectivity index is 2.54. The van der Waals surface area contributed by atoms with E-state index in [4.69, 9.17) is 11.6 Å². The first-order valence-corrected chi connectivity index (χ1v) is 5.64. The minimum Gasteiger partial charge on any atom is -0.256 e. The molecule has 0 amide bonds. The predicted octanol–water partition coefficient (Wildman–Crippen LogP) is 3.83. The summed E-state index contributed by atoms with van der Waals surface area (Å²) >= 11 is 10.2. The van der Waals surface area contributed by atoms with Crippen molar-refractivity contribution in [3.8, 4) is 0 Å². The van der Waals surface area contributed by atoms with E-state index >= 15 is 0 Å². The number of halogens is 1. The summed E-state index contributed by atoms with van der Waals surface area (Å²) in [6.45, 7) is 0. The van der Waals surface area contributed by atoms with Crippen molar-refractivity contribution >= 4 is 41.2 Å². The summed E-state index contributed by atoms with van der Waals surface area (Å²) in [7, 11) is 0. The van der Waals surface area contributed by atoms with E-state index in [2.05, 4.69) is 17.6 Å². The fourth-order valence-corrected chi connectivity index (χ4v) is 1.74. The van der Waals surface area contributed by atoms with Crippen LogP contribution in [0.15, 0.2) is 36.5 Å². The summed E-state index contributed by atoms with van der Waals surface area (Å²) in [5.74, 6) is 0.735. The summed E-state index contributed by atoms with van der Waals surface area (Å²) < 4.78 is 0. The van der Waals surface area contributed by atoms with Crippen LogP contribution in [0.25, 0.3) is 17.0 Å². The van der Waals surface area contributed by atoms with Crippen molar-refractivity contribution in [1.82, 2.24) is 4.98 Å². The van der Waals surface area contributed by atoms with Gasteiger partial charge in [0, 0.05) is 17.3 Å². The molecule has 0 saturated heterocycles. The standard InChI is InChI=1S/C12H10ClNS/c13-11-5-6-14-12-4-3-9(2-1-7-15)8-10(11)12/h1-6,8,15H,7H2. The van der Waals surface area contributed by atoms with E-state index in [1.807, 2.05) is 30.4 Å². The molecule has 0 spiro atoms. The fraction of sp³-hybridized carbons (Fsp3) is 0.0833. The number of aromatic nitrogens is 1. The van der Waals surface area contributed by atoms with Gasteiger partial charge in [0.1, 0.15) is 0 Å². The maximum atomic E-state index is 6.08. The van der Waals surface area contributed by atoms with Gasteiger partial charge in [0.25, 0.3) is 0 Å². The van der Waals surface area contributed by atoms with E-state index in [0.29, 0.717) is 0 Å². The van der Waals surface area contributed by atoms with Gasteiger partial charge in [-0.3, -0.25) is 4.98 Å². The van der Waals surface area contributed by atoms with Crippen LogP contribution >= 0.6 is 24.2 Å². The van der Waals surface area contributed by atoms with Crippen LogP contribution in [0.2, 0.25) is 5.02 Å². The number of thiol groups is 1. The molecule has 0 aliphatic rings. The van der Waals surface area contributed by atoms with Crippen molar-refractivity contribution in [2.24, 2.45) is 0 Å². The highest BCUT2D eigenvalue weighted by molar-refractivity contribution is 7.80. The maximum absolute atomic E-state index is 6.08. The van der Waals surface area contributed by atoms with Gasteiger partial charge in [-0.25, -0.2) is 0 Å². The molecule has 2 aromatic rings. The van der Waals surface area contributed by atoms with Crippen LogP contribution < -0.4 is 0 Å². The van der Waals surface area contributed by atoms with E-state index in [0.717, 1.165) is 27.2 Å². The highest BCUT2D eigenvalue weighted by Crippen LogP contribution is 2.22. The second-order valence-electron chi connectivity index (χ2n) is 3.15. The Morgan fingerprint density at radius 3 is 3.00 bits per heavy atom. The minimum atomic E-state index is 0.735. The molecular formula is C12H10ClNS. The summed E-state index contributed by atoms with van der Waals surface area (Å²) in [6, 6.07) is 7.83. The zero-order chi connectivity index (χ0) is 10.7. The lowest BCUT2D eigenvalue weighted by Crippen LogP contribution is -1.80. The van der Waals surface area contributed by atoms with Gasteiger partial charge in [-0.15, -0.1) is 0 Å². The van der Waals surface area contributed by atoms with Gasteiger partial charge in [-0.1, -0.05) is 29.8 Å². The second kappa shape index (κ2) is 4.69. The van der Waals surface area contributed by atoms with Crippen LogP contribution in [-0.2, 0) is 0 Å².